The van der Waals surface area contributed by atoms with Crippen molar-refractivity contribution in [3.8, 4) is 18.2 Å². The van der Waals surface area contributed by atoms with Gasteiger partial charge in [0.05, 0.1) is 0 Å². The van der Waals surface area contributed by atoms with Gasteiger partial charge in [-0.15, -0.1) is 0 Å². The highest BCUT2D eigenvalue weighted by atomic mass is 16.1. The van der Waals surface area contributed by atoms with Crippen molar-refractivity contribution in [2.45, 2.75) is 0 Å². The molecule has 0 radical (unpaired) electrons. The summed E-state index contributed by atoms with van der Waals surface area (Å²) in [6, 6.07) is 20.4. The number of nitriles is 3. The van der Waals surface area contributed by atoms with Crippen molar-refractivity contribution < 1.29 is 4.79 Å². The van der Waals surface area contributed by atoms with Crippen molar-refractivity contribution in [2.24, 2.45) is 0 Å². The lowest BCUT2D eigenvalue weighted by Crippen LogP contribution is -2.11. The molecule has 114 valence electrons. The number of nitrogens with zero attached hydrogens (tertiary/aromatic N) is 3. The molecule has 0 atom stereocenters. The Balaban J connectivity index is 2.11. The molecule has 1 amide bonds. The molecule has 24 heavy (non-hydrogen) atoms. The van der Waals surface area contributed by atoms with Crippen LogP contribution in [0.25, 0.3) is 0 Å². The molecule has 0 fully saturated rings. The molecule has 0 bridgehead atoms. The van der Waals surface area contributed by atoms with Gasteiger partial charge in [0.2, 0.25) is 0 Å². The second-order valence-corrected chi connectivity index (χ2v) is 4.61. The SMILES string of the molecule is N#CC(C#N)=C(C#N)Nc1ccc(NC(=O)c2ccccc2)cc1. The van der Waals surface area contributed by atoms with E-state index in [1.54, 1.807) is 66.7 Å². The van der Waals surface area contributed by atoms with Crippen molar-refractivity contribution in [3.63, 3.8) is 0 Å². The maximum Gasteiger partial charge on any atom is 0.255 e. The Morgan fingerprint density at radius 1 is 0.750 bits per heavy atom. The monoisotopic (exact) mass is 313 g/mol. The van der Waals surface area contributed by atoms with Crippen LogP contribution in [0.2, 0.25) is 0 Å². The number of allylic oxidation sites excluding steroid dienone is 2. The fourth-order valence-electron chi connectivity index (χ4n) is 1.86. The summed E-state index contributed by atoms with van der Waals surface area (Å²) in [4.78, 5) is 12.0. The van der Waals surface area contributed by atoms with Crippen molar-refractivity contribution >= 4 is 17.3 Å². The van der Waals surface area contributed by atoms with Crippen LogP contribution < -0.4 is 10.6 Å². The van der Waals surface area contributed by atoms with Gasteiger partial charge in [0.25, 0.3) is 5.91 Å². The van der Waals surface area contributed by atoms with Crippen LogP contribution in [0.4, 0.5) is 11.4 Å². The second-order valence-electron chi connectivity index (χ2n) is 4.61. The Labute approximate surface area is 138 Å². The molecule has 0 saturated heterocycles. The lowest BCUT2D eigenvalue weighted by Gasteiger charge is -2.08. The molecule has 0 aliphatic heterocycles. The fraction of sp³-hybridized carbons (Fsp3) is 0. The first-order chi connectivity index (χ1) is 11.7. The Morgan fingerprint density at radius 2 is 1.29 bits per heavy atom. The average Bonchev–Trinajstić information content (AvgIpc) is 2.64. The quantitative estimate of drug-likeness (QED) is 0.842. The first-order valence-corrected chi connectivity index (χ1v) is 6.86. The van der Waals surface area contributed by atoms with E-state index in [1.165, 1.54) is 0 Å². The number of hydrogen-bond donors (Lipinski definition) is 2. The van der Waals surface area contributed by atoms with Gasteiger partial charge in [-0.3, -0.25) is 4.79 Å². The summed E-state index contributed by atoms with van der Waals surface area (Å²) < 4.78 is 0. The number of amides is 1. The number of anilines is 2. The summed E-state index contributed by atoms with van der Waals surface area (Å²) in [5.41, 5.74) is 1.23. The molecule has 0 saturated carbocycles. The van der Waals surface area contributed by atoms with Crippen LogP contribution in [0.1, 0.15) is 10.4 Å². The molecule has 0 aromatic heterocycles. The maximum absolute atomic E-state index is 12.0. The lowest BCUT2D eigenvalue weighted by atomic mass is 10.2. The number of carbonyl (C=O) groups is 1. The van der Waals surface area contributed by atoms with Gasteiger partial charge in [0.1, 0.15) is 23.9 Å². The number of rotatable bonds is 4. The number of benzene rings is 2. The standard InChI is InChI=1S/C18H11N5O/c19-10-14(11-20)17(12-21)22-15-6-8-16(9-7-15)23-18(24)13-4-2-1-3-5-13/h1-9,22H,(H,23,24). The predicted molar refractivity (Wildman–Crippen MR) is 88.3 cm³/mol. The van der Waals surface area contributed by atoms with Crippen LogP contribution in [0.5, 0.6) is 0 Å². The minimum atomic E-state index is -0.293. The van der Waals surface area contributed by atoms with E-state index in [4.69, 9.17) is 15.8 Å². The highest BCUT2D eigenvalue weighted by Gasteiger charge is 2.07. The van der Waals surface area contributed by atoms with Gasteiger partial charge >= 0.3 is 0 Å². The molecule has 0 spiro atoms. The van der Waals surface area contributed by atoms with Crippen molar-refractivity contribution in [2.75, 3.05) is 10.6 Å². The molecule has 2 rings (SSSR count). The molecule has 0 heterocycles. The second kappa shape index (κ2) is 7.79. The predicted octanol–water partition coefficient (Wildman–Crippen LogP) is 3.18. The van der Waals surface area contributed by atoms with Gasteiger partial charge in [0.15, 0.2) is 5.57 Å². The van der Waals surface area contributed by atoms with Gasteiger partial charge in [-0.2, -0.15) is 15.8 Å². The first-order valence-electron chi connectivity index (χ1n) is 6.86. The Kier molecular flexibility index (Phi) is 5.29. The third-order valence-corrected chi connectivity index (χ3v) is 3.03. The van der Waals surface area contributed by atoms with E-state index >= 15 is 0 Å². The molecular weight excluding hydrogens is 302 g/mol. The molecule has 2 N–H and O–H groups in total. The molecule has 0 aliphatic carbocycles. The smallest absolute Gasteiger partial charge is 0.255 e. The molecular formula is C18H11N5O. The molecule has 2 aromatic carbocycles. The van der Waals surface area contributed by atoms with Crippen LogP contribution in [0.3, 0.4) is 0 Å². The Hall–Kier alpha value is -4.08. The molecule has 6 heteroatoms. The molecule has 0 aliphatic rings. The first kappa shape index (κ1) is 16.3. The Morgan fingerprint density at radius 3 is 1.79 bits per heavy atom. The third-order valence-electron chi connectivity index (χ3n) is 3.03. The van der Waals surface area contributed by atoms with E-state index in [2.05, 4.69) is 10.6 Å². The zero-order valence-electron chi connectivity index (χ0n) is 12.4. The summed E-state index contributed by atoms with van der Waals surface area (Å²) in [6.45, 7) is 0. The van der Waals surface area contributed by atoms with Crippen LogP contribution in [-0.2, 0) is 0 Å². The number of hydrogen-bond acceptors (Lipinski definition) is 5. The van der Waals surface area contributed by atoms with E-state index < -0.39 is 0 Å². The maximum atomic E-state index is 12.0. The third kappa shape index (κ3) is 3.98. The normalized spacial score (nSPS) is 8.88. The van der Waals surface area contributed by atoms with Crippen LogP contribution >= 0.6 is 0 Å². The Bertz CT molecular complexity index is 878. The number of carbonyl (C=O) groups excluding carboxylic acids is 1. The van der Waals surface area contributed by atoms with Gasteiger partial charge in [-0.25, -0.2) is 0 Å². The average molecular weight is 313 g/mol. The minimum Gasteiger partial charge on any atom is -0.345 e. The van der Waals surface area contributed by atoms with Gasteiger partial charge in [-0.1, -0.05) is 18.2 Å². The van der Waals surface area contributed by atoms with Gasteiger partial charge < -0.3 is 10.6 Å². The van der Waals surface area contributed by atoms with E-state index in [9.17, 15) is 4.79 Å². The minimum absolute atomic E-state index is 0.124. The van der Waals surface area contributed by atoms with E-state index in [1.807, 2.05) is 6.07 Å². The van der Waals surface area contributed by atoms with Crippen molar-refractivity contribution in [1.29, 1.82) is 15.8 Å². The van der Waals surface area contributed by atoms with Crippen LogP contribution in [0, 0.1) is 34.0 Å². The summed E-state index contributed by atoms with van der Waals surface area (Å²) in [5, 5.41) is 32.0. The number of nitrogens with one attached hydrogen (secondary N) is 2. The topological polar surface area (TPSA) is 112 Å². The van der Waals surface area contributed by atoms with Crippen LogP contribution in [-0.4, -0.2) is 5.91 Å². The highest BCUT2D eigenvalue weighted by Crippen LogP contribution is 2.17. The highest BCUT2D eigenvalue weighted by molar-refractivity contribution is 6.04. The zero-order valence-corrected chi connectivity index (χ0v) is 12.4. The van der Waals surface area contributed by atoms with Gasteiger partial charge in [-0.05, 0) is 36.4 Å². The summed E-state index contributed by atoms with van der Waals surface area (Å²) in [7, 11) is 0. The molecule has 0 unspecified atom stereocenters. The fourth-order valence-corrected chi connectivity index (χ4v) is 1.86. The zero-order chi connectivity index (χ0) is 17.4. The van der Waals surface area contributed by atoms with E-state index in [0.29, 0.717) is 16.9 Å². The summed E-state index contributed by atoms with van der Waals surface area (Å²) >= 11 is 0. The van der Waals surface area contributed by atoms with E-state index in [-0.39, 0.29) is 17.2 Å². The van der Waals surface area contributed by atoms with Gasteiger partial charge in [0, 0.05) is 16.9 Å². The summed E-state index contributed by atoms with van der Waals surface area (Å²) in [5.74, 6) is -0.231. The largest absolute Gasteiger partial charge is 0.345 e. The van der Waals surface area contributed by atoms with Crippen LogP contribution in [0.15, 0.2) is 65.9 Å². The molecule has 2 aromatic rings. The summed E-state index contributed by atoms with van der Waals surface area (Å²) in [6.07, 6.45) is 0. The lowest BCUT2D eigenvalue weighted by molar-refractivity contribution is 0.102. The van der Waals surface area contributed by atoms with E-state index in [0.717, 1.165) is 0 Å². The van der Waals surface area contributed by atoms with Crippen molar-refractivity contribution in [3.05, 3.63) is 71.4 Å². The van der Waals surface area contributed by atoms with Crippen molar-refractivity contribution in [1.82, 2.24) is 0 Å². The molecule has 6 nitrogen and oxygen atoms in total.